The second-order valence-electron chi connectivity index (χ2n) is 5.87. The van der Waals surface area contributed by atoms with Crippen molar-refractivity contribution in [3.8, 4) is 0 Å². The van der Waals surface area contributed by atoms with Crippen molar-refractivity contribution in [3.05, 3.63) is 34.9 Å². The fraction of sp³-hybridized carbons (Fsp3) is 0.412. The molecular formula is C17H19ClN4O2S2. The number of hydrogen-bond acceptors (Lipinski definition) is 6. The molecule has 1 aromatic carbocycles. The van der Waals surface area contributed by atoms with E-state index in [0.29, 0.717) is 41.6 Å². The van der Waals surface area contributed by atoms with Gasteiger partial charge in [-0.1, -0.05) is 41.6 Å². The molecule has 0 spiro atoms. The molecule has 1 aromatic heterocycles. The number of anilines is 1. The molecule has 0 bridgehead atoms. The van der Waals surface area contributed by atoms with Crippen LogP contribution in [0.1, 0.15) is 30.1 Å². The van der Waals surface area contributed by atoms with Crippen LogP contribution in [0.3, 0.4) is 0 Å². The number of hydrogen-bond donors (Lipinski definition) is 1. The molecule has 1 aliphatic heterocycles. The lowest BCUT2D eigenvalue weighted by atomic mass is 9.95. The average molecular weight is 411 g/mol. The van der Waals surface area contributed by atoms with Gasteiger partial charge in [0.15, 0.2) is 4.34 Å². The Morgan fingerprint density at radius 2 is 1.96 bits per heavy atom. The van der Waals surface area contributed by atoms with Crippen molar-refractivity contribution < 1.29 is 9.59 Å². The summed E-state index contributed by atoms with van der Waals surface area (Å²) in [6.07, 6.45) is 1.28. The van der Waals surface area contributed by atoms with Crippen molar-refractivity contribution in [2.24, 2.45) is 5.92 Å². The van der Waals surface area contributed by atoms with E-state index in [2.05, 4.69) is 15.5 Å². The molecule has 1 N–H and O–H groups in total. The topological polar surface area (TPSA) is 75.2 Å². The zero-order valence-electron chi connectivity index (χ0n) is 14.3. The van der Waals surface area contributed by atoms with Gasteiger partial charge in [-0.05, 0) is 42.9 Å². The largest absolute Gasteiger partial charge is 0.339 e. The average Bonchev–Trinajstić information content (AvgIpc) is 3.09. The first-order valence-corrected chi connectivity index (χ1v) is 10.6. The lowest BCUT2D eigenvalue weighted by molar-refractivity contribution is -0.121. The van der Waals surface area contributed by atoms with Crippen LogP contribution in [0.25, 0.3) is 0 Å². The minimum Gasteiger partial charge on any atom is -0.339 e. The third-order valence-electron chi connectivity index (χ3n) is 4.15. The zero-order chi connectivity index (χ0) is 18.5. The number of piperidine rings is 1. The molecule has 1 aliphatic rings. The summed E-state index contributed by atoms with van der Waals surface area (Å²) in [6.45, 7) is 3.17. The standard InChI is InChI=1S/C17H19ClN4O2S2/c1-2-25-17-21-20-16(26-17)19-14(23)11-7-9-22(10-8-11)15(24)12-3-5-13(18)6-4-12/h3-6,11H,2,7-10H2,1H3,(H,19,20,23). The van der Waals surface area contributed by atoms with E-state index in [9.17, 15) is 9.59 Å². The van der Waals surface area contributed by atoms with E-state index in [1.165, 1.54) is 11.3 Å². The van der Waals surface area contributed by atoms with Crippen LogP contribution in [0.2, 0.25) is 5.02 Å². The summed E-state index contributed by atoms with van der Waals surface area (Å²) in [7, 11) is 0. The Bertz CT molecular complexity index is 773. The minimum absolute atomic E-state index is 0.0223. The number of rotatable bonds is 5. The highest BCUT2D eigenvalue weighted by molar-refractivity contribution is 8.01. The Balaban J connectivity index is 1.51. The third kappa shape index (κ3) is 4.75. The molecular weight excluding hydrogens is 392 g/mol. The molecule has 1 saturated heterocycles. The first-order valence-electron chi connectivity index (χ1n) is 8.39. The number of benzene rings is 1. The van der Waals surface area contributed by atoms with Gasteiger partial charge in [-0.3, -0.25) is 9.59 Å². The summed E-state index contributed by atoms with van der Waals surface area (Å²) < 4.78 is 0.853. The lowest BCUT2D eigenvalue weighted by Gasteiger charge is -2.31. The van der Waals surface area contributed by atoms with Crippen LogP contribution < -0.4 is 5.32 Å². The molecule has 0 aliphatic carbocycles. The first-order chi connectivity index (χ1) is 12.6. The quantitative estimate of drug-likeness (QED) is 0.599. The van der Waals surface area contributed by atoms with Gasteiger partial charge in [0.25, 0.3) is 5.91 Å². The van der Waals surface area contributed by atoms with Gasteiger partial charge in [0, 0.05) is 29.6 Å². The summed E-state index contributed by atoms with van der Waals surface area (Å²) in [6, 6.07) is 6.87. The van der Waals surface area contributed by atoms with E-state index in [1.54, 1.807) is 40.9 Å². The molecule has 0 unspecified atom stereocenters. The van der Waals surface area contributed by atoms with E-state index < -0.39 is 0 Å². The highest BCUT2D eigenvalue weighted by Gasteiger charge is 2.28. The van der Waals surface area contributed by atoms with E-state index in [0.717, 1.165) is 10.1 Å². The first kappa shape index (κ1) is 19.1. The molecule has 2 aromatic rings. The van der Waals surface area contributed by atoms with E-state index in [1.807, 2.05) is 6.92 Å². The number of likely N-dealkylation sites (tertiary alicyclic amines) is 1. The molecule has 2 amide bonds. The second kappa shape index (κ2) is 8.83. The van der Waals surface area contributed by atoms with Crippen LogP contribution in [0, 0.1) is 5.92 Å². The fourth-order valence-electron chi connectivity index (χ4n) is 2.77. The van der Waals surface area contributed by atoms with Crippen molar-refractivity contribution >= 4 is 51.6 Å². The molecule has 0 saturated carbocycles. The van der Waals surface area contributed by atoms with Gasteiger partial charge in [-0.25, -0.2) is 0 Å². The monoisotopic (exact) mass is 410 g/mol. The Morgan fingerprint density at radius 1 is 1.27 bits per heavy atom. The maximum atomic E-state index is 12.5. The Hall–Kier alpha value is -1.64. The second-order valence-corrected chi connectivity index (χ2v) is 8.79. The summed E-state index contributed by atoms with van der Waals surface area (Å²) in [4.78, 5) is 26.7. The number of carbonyl (C=O) groups excluding carboxylic acids is 2. The Morgan fingerprint density at radius 3 is 2.62 bits per heavy atom. The number of thioether (sulfide) groups is 1. The molecule has 26 heavy (non-hydrogen) atoms. The number of nitrogens with one attached hydrogen (secondary N) is 1. The molecule has 6 nitrogen and oxygen atoms in total. The van der Waals surface area contributed by atoms with Gasteiger partial charge in [0.1, 0.15) is 0 Å². The SMILES string of the molecule is CCSc1nnc(NC(=O)C2CCN(C(=O)c3ccc(Cl)cc3)CC2)s1. The van der Waals surface area contributed by atoms with Gasteiger partial charge in [0.2, 0.25) is 11.0 Å². The van der Waals surface area contributed by atoms with Gasteiger partial charge in [-0.2, -0.15) is 0 Å². The van der Waals surface area contributed by atoms with Gasteiger partial charge in [-0.15, -0.1) is 10.2 Å². The molecule has 2 heterocycles. The summed E-state index contributed by atoms with van der Waals surface area (Å²) in [5.41, 5.74) is 0.618. The van der Waals surface area contributed by atoms with Crippen LogP contribution in [-0.4, -0.2) is 45.8 Å². The maximum Gasteiger partial charge on any atom is 0.253 e. The highest BCUT2D eigenvalue weighted by atomic mass is 35.5. The van der Waals surface area contributed by atoms with Gasteiger partial charge >= 0.3 is 0 Å². The number of halogens is 1. The van der Waals surface area contributed by atoms with Gasteiger partial charge < -0.3 is 10.2 Å². The molecule has 9 heteroatoms. The summed E-state index contributed by atoms with van der Waals surface area (Å²) >= 11 is 8.85. The number of nitrogens with zero attached hydrogens (tertiary/aromatic N) is 3. The number of aromatic nitrogens is 2. The Kier molecular flexibility index (Phi) is 6.50. The molecule has 3 rings (SSSR count). The minimum atomic E-state index is -0.115. The van der Waals surface area contributed by atoms with Crippen molar-refractivity contribution in [2.75, 3.05) is 24.2 Å². The predicted octanol–water partition coefficient (Wildman–Crippen LogP) is 3.79. The fourth-order valence-corrected chi connectivity index (χ4v) is 4.55. The number of amides is 2. The Labute approximate surface area is 165 Å². The van der Waals surface area contributed by atoms with E-state index >= 15 is 0 Å². The third-order valence-corrected chi connectivity index (χ3v) is 6.25. The molecule has 0 radical (unpaired) electrons. The molecule has 0 atom stereocenters. The van der Waals surface area contributed by atoms with Crippen LogP contribution in [0.5, 0.6) is 0 Å². The maximum absolute atomic E-state index is 12.5. The van der Waals surface area contributed by atoms with Crippen molar-refractivity contribution in [1.82, 2.24) is 15.1 Å². The molecule has 138 valence electrons. The van der Waals surface area contributed by atoms with E-state index in [4.69, 9.17) is 11.6 Å². The lowest BCUT2D eigenvalue weighted by Crippen LogP contribution is -2.41. The van der Waals surface area contributed by atoms with Crippen LogP contribution in [-0.2, 0) is 4.79 Å². The number of carbonyl (C=O) groups is 2. The van der Waals surface area contributed by atoms with Crippen LogP contribution in [0.15, 0.2) is 28.6 Å². The van der Waals surface area contributed by atoms with E-state index in [-0.39, 0.29) is 17.7 Å². The van der Waals surface area contributed by atoms with Crippen molar-refractivity contribution in [1.29, 1.82) is 0 Å². The molecule has 1 fully saturated rings. The van der Waals surface area contributed by atoms with Crippen LogP contribution >= 0.6 is 34.7 Å². The van der Waals surface area contributed by atoms with Crippen molar-refractivity contribution in [2.45, 2.75) is 24.1 Å². The summed E-state index contributed by atoms with van der Waals surface area (Å²) in [5, 5.41) is 12.0. The normalized spacial score (nSPS) is 15.1. The summed E-state index contributed by atoms with van der Waals surface area (Å²) in [5.74, 6) is 0.733. The van der Waals surface area contributed by atoms with Crippen molar-refractivity contribution in [3.63, 3.8) is 0 Å². The smallest absolute Gasteiger partial charge is 0.253 e. The predicted molar refractivity (Wildman–Crippen MR) is 105 cm³/mol. The highest BCUT2D eigenvalue weighted by Crippen LogP contribution is 2.26. The van der Waals surface area contributed by atoms with Crippen LogP contribution in [0.4, 0.5) is 5.13 Å². The zero-order valence-corrected chi connectivity index (χ0v) is 16.7. The van der Waals surface area contributed by atoms with Gasteiger partial charge in [0.05, 0.1) is 0 Å².